The molecule has 106 valence electrons. The van der Waals surface area contributed by atoms with E-state index in [4.69, 9.17) is 11.5 Å². The molecule has 0 heterocycles. The minimum absolute atomic E-state index is 0.118. The molecule has 0 spiro atoms. The van der Waals surface area contributed by atoms with Gasteiger partial charge in [0, 0.05) is 17.9 Å². The predicted octanol–water partition coefficient (Wildman–Crippen LogP) is 2.80. The van der Waals surface area contributed by atoms with E-state index < -0.39 is 0 Å². The fourth-order valence-electron chi connectivity index (χ4n) is 2.06. The van der Waals surface area contributed by atoms with Crippen LogP contribution in [-0.2, 0) is 0 Å². The molecule has 0 aliphatic carbocycles. The Morgan fingerprint density at radius 3 is 2.63 bits per heavy atom. The van der Waals surface area contributed by atoms with Crippen LogP contribution in [0.2, 0.25) is 0 Å². The summed E-state index contributed by atoms with van der Waals surface area (Å²) in [4.78, 5) is 12.0. The predicted molar refractivity (Wildman–Crippen MR) is 80.9 cm³/mol. The van der Waals surface area contributed by atoms with Gasteiger partial charge in [-0.2, -0.15) is 0 Å². The Morgan fingerprint density at radius 2 is 2.05 bits per heavy atom. The van der Waals surface area contributed by atoms with Gasteiger partial charge >= 0.3 is 0 Å². The number of benzene rings is 1. The summed E-state index contributed by atoms with van der Waals surface area (Å²) in [7, 11) is 0. The molecule has 1 rings (SSSR count). The van der Waals surface area contributed by atoms with Crippen LogP contribution in [0.3, 0.4) is 0 Å². The Bertz CT molecular complexity index is 418. The average Bonchev–Trinajstić information content (AvgIpc) is 2.38. The maximum absolute atomic E-state index is 12.0. The van der Waals surface area contributed by atoms with E-state index in [1.54, 1.807) is 18.2 Å². The molecule has 0 radical (unpaired) electrons. The normalized spacial score (nSPS) is 12.1. The van der Waals surface area contributed by atoms with Crippen molar-refractivity contribution in [1.29, 1.82) is 0 Å². The molecule has 1 aromatic rings. The van der Waals surface area contributed by atoms with Crippen molar-refractivity contribution < 1.29 is 4.79 Å². The largest absolute Gasteiger partial charge is 0.399 e. The molecule has 0 aliphatic rings. The molecule has 0 aliphatic heterocycles. The quantitative estimate of drug-likeness (QED) is 0.662. The molecular weight excluding hydrogens is 238 g/mol. The zero-order valence-corrected chi connectivity index (χ0v) is 11.9. The summed E-state index contributed by atoms with van der Waals surface area (Å²) in [6, 6.07) is 4.98. The summed E-state index contributed by atoms with van der Waals surface area (Å²) in [5, 5.41) is 2.96. The molecule has 4 nitrogen and oxygen atoms in total. The Labute approximate surface area is 115 Å². The highest BCUT2D eigenvalue weighted by atomic mass is 16.1. The number of rotatable bonds is 7. The summed E-state index contributed by atoms with van der Waals surface area (Å²) >= 11 is 0. The van der Waals surface area contributed by atoms with Crippen LogP contribution in [0.5, 0.6) is 0 Å². The number of amides is 1. The Morgan fingerprint density at radius 1 is 1.32 bits per heavy atom. The lowest BCUT2D eigenvalue weighted by Crippen LogP contribution is -2.29. The summed E-state index contributed by atoms with van der Waals surface area (Å²) < 4.78 is 0. The van der Waals surface area contributed by atoms with Crippen LogP contribution in [0, 0.1) is 5.92 Å². The third-order valence-corrected chi connectivity index (χ3v) is 3.41. The molecule has 4 heteroatoms. The van der Waals surface area contributed by atoms with Crippen molar-refractivity contribution in [2.75, 3.05) is 18.0 Å². The van der Waals surface area contributed by atoms with E-state index in [2.05, 4.69) is 19.2 Å². The van der Waals surface area contributed by atoms with Crippen molar-refractivity contribution in [2.45, 2.75) is 39.5 Å². The van der Waals surface area contributed by atoms with Crippen LogP contribution in [0.4, 0.5) is 11.4 Å². The summed E-state index contributed by atoms with van der Waals surface area (Å²) in [5.74, 6) is 0.423. The first-order valence-electron chi connectivity index (χ1n) is 7.01. The van der Waals surface area contributed by atoms with Gasteiger partial charge in [-0.15, -0.1) is 0 Å². The van der Waals surface area contributed by atoms with Gasteiger partial charge in [-0.05, 0) is 30.5 Å². The molecule has 1 aromatic carbocycles. The smallest absolute Gasteiger partial charge is 0.253 e. The van der Waals surface area contributed by atoms with Crippen molar-refractivity contribution in [2.24, 2.45) is 5.92 Å². The van der Waals surface area contributed by atoms with Crippen molar-refractivity contribution in [3.63, 3.8) is 0 Å². The van der Waals surface area contributed by atoms with Gasteiger partial charge in [-0.25, -0.2) is 0 Å². The summed E-state index contributed by atoms with van der Waals surface area (Å²) in [6.45, 7) is 5.05. The number of unbranched alkanes of at least 4 members (excludes halogenated alkanes) is 1. The topological polar surface area (TPSA) is 81.1 Å². The lowest BCUT2D eigenvalue weighted by Gasteiger charge is -2.15. The number of anilines is 2. The van der Waals surface area contributed by atoms with Crippen LogP contribution in [0.1, 0.15) is 49.9 Å². The maximum atomic E-state index is 12.0. The number of hydrogen-bond acceptors (Lipinski definition) is 3. The number of nitrogen functional groups attached to an aromatic ring is 2. The maximum Gasteiger partial charge on any atom is 0.253 e. The molecule has 0 saturated carbocycles. The van der Waals surface area contributed by atoms with Crippen molar-refractivity contribution in [3.8, 4) is 0 Å². The van der Waals surface area contributed by atoms with Gasteiger partial charge in [0.25, 0.3) is 5.91 Å². The van der Waals surface area contributed by atoms with Gasteiger partial charge in [0.2, 0.25) is 0 Å². The highest BCUT2D eigenvalue weighted by molar-refractivity contribution is 5.99. The van der Waals surface area contributed by atoms with Gasteiger partial charge in [0.05, 0.1) is 5.56 Å². The van der Waals surface area contributed by atoms with E-state index >= 15 is 0 Å². The van der Waals surface area contributed by atoms with E-state index in [-0.39, 0.29) is 5.91 Å². The van der Waals surface area contributed by atoms with Crippen LogP contribution < -0.4 is 16.8 Å². The standard InChI is InChI=1S/C15H25N3O/c1-3-5-6-11(4-2)10-18-15(19)13-8-7-12(16)9-14(13)17/h7-9,11H,3-6,10,16-17H2,1-2H3,(H,18,19). The monoisotopic (exact) mass is 263 g/mol. The molecule has 5 N–H and O–H groups in total. The summed E-state index contributed by atoms with van der Waals surface area (Å²) in [6.07, 6.45) is 4.63. The number of carbonyl (C=O) groups is 1. The fourth-order valence-corrected chi connectivity index (χ4v) is 2.06. The van der Waals surface area contributed by atoms with Gasteiger partial charge in [0.1, 0.15) is 0 Å². The molecule has 0 saturated heterocycles. The third-order valence-electron chi connectivity index (χ3n) is 3.41. The highest BCUT2D eigenvalue weighted by Gasteiger charge is 2.12. The van der Waals surface area contributed by atoms with Gasteiger partial charge in [-0.3, -0.25) is 4.79 Å². The number of hydrogen-bond donors (Lipinski definition) is 3. The first-order chi connectivity index (χ1) is 9.08. The van der Waals surface area contributed by atoms with Gasteiger partial charge in [0.15, 0.2) is 0 Å². The Kier molecular flexibility index (Phi) is 6.19. The Hall–Kier alpha value is -1.71. The third kappa shape index (κ3) is 4.81. The fraction of sp³-hybridized carbons (Fsp3) is 0.533. The Balaban J connectivity index is 2.54. The van der Waals surface area contributed by atoms with Crippen molar-refractivity contribution >= 4 is 17.3 Å². The molecule has 0 bridgehead atoms. The lowest BCUT2D eigenvalue weighted by molar-refractivity contribution is 0.0946. The average molecular weight is 263 g/mol. The zero-order valence-electron chi connectivity index (χ0n) is 11.9. The minimum Gasteiger partial charge on any atom is -0.399 e. The second-order valence-electron chi connectivity index (χ2n) is 4.97. The molecule has 1 unspecified atom stereocenters. The summed E-state index contributed by atoms with van der Waals surface area (Å²) in [5.41, 5.74) is 12.9. The zero-order chi connectivity index (χ0) is 14.3. The van der Waals surface area contributed by atoms with Gasteiger partial charge in [-0.1, -0.05) is 33.1 Å². The van der Waals surface area contributed by atoms with E-state index in [0.717, 1.165) is 12.8 Å². The van der Waals surface area contributed by atoms with Crippen molar-refractivity contribution in [3.05, 3.63) is 23.8 Å². The minimum atomic E-state index is -0.118. The first kappa shape index (κ1) is 15.3. The van der Waals surface area contributed by atoms with E-state index in [1.165, 1.54) is 12.8 Å². The molecule has 19 heavy (non-hydrogen) atoms. The molecule has 0 aromatic heterocycles. The highest BCUT2D eigenvalue weighted by Crippen LogP contribution is 2.16. The van der Waals surface area contributed by atoms with Crippen LogP contribution in [0.15, 0.2) is 18.2 Å². The van der Waals surface area contributed by atoms with Crippen LogP contribution in [-0.4, -0.2) is 12.5 Å². The number of nitrogens with two attached hydrogens (primary N) is 2. The first-order valence-corrected chi connectivity index (χ1v) is 7.01. The van der Waals surface area contributed by atoms with E-state index in [0.29, 0.717) is 29.4 Å². The van der Waals surface area contributed by atoms with Gasteiger partial charge < -0.3 is 16.8 Å². The molecule has 0 fully saturated rings. The number of nitrogens with one attached hydrogen (secondary N) is 1. The molecule has 1 atom stereocenters. The van der Waals surface area contributed by atoms with Crippen molar-refractivity contribution in [1.82, 2.24) is 5.32 Å². The SMILES string of the molecule is CCCCC(CC)CNC(=O)c1ccc(N)cc1N. The molecule has 1 amide bonds. The second kappa shape index (κ2) is 7.67. The lowest BCUT2D eigenvalue weighted by atomic mass is 9.99. The molecular formula is C15H25N3O. The van der Waals surface area contributed by atoms with Crippen LogP contribution >= 0.6 is 0 Å². The second-order valence-corrected chi connectivity index (χ2v) is 4.97. The van der Waals surface area contributed by atoms with E-state index in [1.807, 2.05) is 0 Å². The van der Waals surface area contributed by atoms with E-state index in [9.17, 15) is 4.79 Å². The van der Waals surface area contributed by atoms with Crippen LogP contribution in [0.25, 0.3) is 0 Å². The number of carbonyl (C=O) groups excluding carboxylic acids is 1.